The van der Waals surface area contributed by atoms with E-state index in [1.54, 1.807) is 12.1 Å². The summed E-state index contributed by atoms with van der Waals surface area (Å²) in [5.41, 5.74) is 1.87. The zero-order valence-electron chi connectivity index (χ0n) is 12.3. The topological polar surface area (TPSA) is 17.1 Å². The Morgan fingerprint density at radius 3 is 1.89 bits per heavy atom. The minimum Gasteiger partial charge on any atom is -0.276 e. The SMILES string of the molecule is CC(C)(C)c1ccc(C(=O)Cl)cc1.CCCCCCl. The van der Waals surface area contributed by atoms with Gasteiger partial charge in [-0.15, -0.1) is 11.6 Å². The molecule has 3 heteroatoms. The molecule has 0 spiro atoms. The number of rotatable bonds is 4. The van der Waals surface area contributed by atoms with Crippen molar-refractivity contribution in [1.29, 1.82) is 0 Å². The van der Waals surface area contributed by atoms with Crippen LogP contribution in [0, 0.1) is 0 Å². The average molecular weight is 303 g/mol. The van der Waals surface area contributed by atoms with Crippen molar-refractivity contribution in [1.82, 2.24) is 0 Å². The molecule has 1 aromatic rings. The Hall–Kier alpha value is -0.530. The van der Waals surface area contributed by atoms with E-state index >= 15 is 0 Å². The summed E-state index contributed by atoms with van der Waals surface area (Å²) in [7, 11) is 0. The van der Waals surface area contributed by atoms with Crippen molar-refractivity contribution in [3.8, 4) is 0 Å². The third-order valence-corrected chi connectivity index (χ3v) is 3.20. The van der Waals surface area contributed by atoms with Crippen molar-refractivity contribution in [3.63, 3.8) is 0 Å². The van der Waals surface area contributed by atoms with Crippen molar-refractivity contribution >= 4 is 28.4 Å². The first-order chi connectivity index (χ1) is 8.82. The minimum atomic E-state index is -0.402. The molecular formula is C16H24Cl2O. The van der Waals surface area contributed by atoms with Crippen LogP contribution >= 0.6 is 23.2 Å². The molecule has 0 aliphatic carbocycles. The van der Waals surface area contributed by atoms with Gasteiger partial charge in [-0.1, -0.05) is 52.7 Å². The number of alkyl halides is 1. The molecule has 0 saturated carbocycles. The van der Waals surface area contributed by atoms with E-state index in [2.05, 4.69) is 27.7 Å². The largest absolute Gasteiger partial charge is 0.276 e. The number of carbonyl (C=O) groups is 1. The van der Waals surface area contributed by atoms with Gasteiger partial charge in [0.25, 0.3) is 5.24 Å². The van der Waals surface area contributed by atoms with Crippen LogP contribution in [0.3, 0.4) is 0 Å². The zero-order valence-corrected chi connectivity index (χ0v) is 13.8. The van der Waals surface area contributed by atoms with Gasteiger partial charge in [0, 0.05) is 11.4 Å². The lowest BCUT2D eigenvalue weighted by Crippen LogP contribution is -2.10. The van der Waals surface area contributed by atoms with Gasteiger partial charge < -0.3 is 0 Å². The highest BCUT2D eigenvalue weighted by molar-refractivity contribution is 6.67. The molecule has 108 valence electrons. The summed E-state index contributed by atoms with van der Waals surface area (Å²) in [6.07, 6.45) is 3.73. The molecule has 0 saturated heterocycles. The van der Waals surface area contributed by atoms with E-state index < -0.39 is 5.24 Å². The fourth-order valence-electron chi connectivity index (χ4n) is 1.45. The van der Waals surface area contributed by atoms with Crippen molar-refractivity contribution < 1.29 is 4.79 Å². The number of unbranched alkanes of at least 4 members (excludes halogenated alkanes) is 2. The smallest absolute Gasteiger partial charge is 0.252 e. The number of halogens is 2. The fourth-order valence-corrected chi connectivity index (χ4v) is 1.76. The molecule has 1 aromatic carbocycles. The van der Waals surface area contributed by atoms with Crippen LogP contribution in [0.25, 0.3) is 0 Å². The van der Waals surface area contributed by atoms with Crippen LogP contribution in [-0.4, -0.2) is 11.1 Å². The van der Waals surface area contributed by atoms with E-state index in [1.165, 1.54) is 24.8 Å². The second-order valence-electron chi connectivity index (χ2n) is 5.50. The summed E-state index contributed by atoms with van der Waals surface area (Å²) in [5.74, 6) is 0.827. The highest BCUT2D eigenvalue weighted by atomic mass is 35.5. The van der Waals surface area contributed by atoms with Crippen molar-refractivity contribution in [3.05, 3.63) is 35.4 Å². The maximum Gasteiger partial charge on any atom is 0.252 e. The van der Waals surface area contributed by atoms with Crippen molar-refractivity contribution in [2.75, 3.05) is 5.88 Å². The molecule has 0 unspecified atom stereocenters. The molecule has 0 aromatic heterocycles. The van der Waals surface area contributed by atoms with E-state index in [0.717, 1.165) is 5.88 Å². The molecule has 19 heavy (non-hydrogen) atoms. The highest BCUT2D eigenvalue weighted by Crippen LogP contribution is 2.22. The Labute approximate surface area is 127 Å². The number of hydrogen-bond donors (Lipinski definition) is 0. The average Bonchev–Trinajstić information content (AvgIpc) is 2.36. The first-order valence-corrected chi connectivity index (χ1v) is 7.60. The van der Waals surface area contributed by atoms with Crippen LogP contribution in [0.2, 0.25) is 0 Å². The normalized spacial score (nSPS) is 10.6. The molecule has 0 heterocycles. The minimum absolute atomic E-state index is 0.119. The fraction of sp³-hybridized carbons (Fsp3) is 0.562. The standard InChI is InChI=1S/C11H13ClO.C5H11Cl/c1-11(2,3)9-6-4-8(5-7-9)10(12)13;1-2-3-4-5-6/h4-7H,1-3H3;2-5H2,1H3. The molecule has 0 bridgehead atoms. The molecule has 0 N–H and O–H groups in total. The predicted octanol–water partition coefficient (Wildman–Crippen LogP) is 5.78. The van der Waals surface area contributed by atoms with Crippen molar-refractivity contribution in [2.24, 2.45) is 0 Å². The first-order valence-electron chi connectivity index (χ1n) is 6.69. The monoisotopic (exact) mass is 302 g/mol. The van der Waals surface area contributed by atoms with Crippen LogP contribution in [0.4, 0.5) is 0 Å². The third kappa shape index (κ3) is 8.28. The van der Waals surface area contributed by atoms with Gasteiger partial charge >= 0.3 is 0 Å². The molecule has 1 nitrogen and oxygen atoms in total. The molecule has 1 rings (SSSR count). The quantitative estimate of drug-likeness (QED) is 0.391. The summed E-state index contributed by atoms with van der Waals surface area (Å²) >= 11 is 10.7. The number of hydrogen-bond acceptors (Lipinski definition) is 1. The van der Waals surface area contributed by atoms with Gasteiger partial charge in [0.05, 0.1) is 0 Å². The van der Waals surface area contributed by atoms with E-state index in [0.29, 0.717) is 5.56 Å². The predicted molar refractivity (Wildman–Crippen MR) is 85.6 cm³/mol. The Balaban J connectivity index is 0.000000459. The summed E-state index contributed by atoms with van der Waals surface area (Å²) in [5, 5.41) is -0.402. The molecule has 0 aliphatic heterocycles. The maximum absolute atomic E-state index is 10.8. The maximum atomic E-state index is 10.8. The molecule has 0 atom stereocenters. The van der Waals surface area contributed by atoms with Crippen LogP contribution < -0.4 is 0 Å². The van der Waals surface area contributed by atoms with Crippen LogP contribution in [0.5, 0.6) is 0 Å². The zero-order chi connectivity index (χ0) is 14.9. The summed E-state index contributed by atoms with van der Waals surface area (Å²) in [4.78, 5) is 10.8. The molecule has 0 aliphatic rings. The van der Waals surface area contributed by atoms with E-state index in [1.807, 2.05) is 12.1 Å². The van der Waals surface area contributed by atoms with Crippen LogP contribution in [-0.2, 0) is 5.41 Å². The third-order valence-electron chi connectivity index (χ3n) is 2.72. The van der Waals surface area contributed by atoms with E-state index in [9.17, 15) is 4.79 Å². The van der Waals surface area contributed by atoms with Crippen LogP contribution in [0.15, 0.2) is 24.3 Å². The second-order valence-corrected chi connectivity index (χ2v) is 6.22. The van der Waals surface area contributed by atoms with E-state index in [4.69, 9.17) is 23.2 Å². The van der Waals surface area contributed by atoms with Gasteiger partial charge in [0.2, 0.25) is 0 Å². The van der Waals surface area contributed by atoms with Gasteiger partial charge in [-0.3, -0.25) is 4.79 Å². The van der Waals surface area contributed by atoms with Crippen LogP contribution in [0.1, 0.15) is 62.9 Å². The van der Waals surface area contributed by atoms with Gasteiger partial charge in [-0.25, -0.2) is 0 Å². The Morgan fingerprint density at radius 1 is 1.11 bits per heavy atom. The van der Waals surface area contributed by atoms with Gasteiger partial charge in [0.1, 0.15) is 0 Å². The lowest BCUT2D eigenvalue weighted by Gasteiger charge is -2.18. The van der Waals surface area contributed by atoms with E-state index in [-0.39, 0.29) is 5.41 Å². The van der Waals surface area contributed by atoms with Gasteiger partial charge in [-0.05, 0) is 41.1 Å². The Kier molecular flexibility index (Phi) is 9.12. The number of benzene rings is 1. The summed E-state index contributed by atoms with van der Waals surface area (Å²) in [6.45, 7) is 8.56. The summed E-state index contributed by atoms with van der Waals surface area (Å²) < 4.78 is 0. The Morgan fingerprint density at radius 2 is 1.63 bits per heavy atom. The lowest BCUT2D eigenvalue weighted by atomic mass is 9.87. The highest BCUT2D eigenvalue weighted by Gasteiger charge is 2.13. The second kappa shape index (κ2) is 9.39. The lowest BCUT2D eigenvalue weighted by molar-refractivity contribution is 0.108. The Bertz CT molecular complexity index is 359. The molecule has 0 radical (unpaired) electrons. The molecule has 0 amide bonds. The first kappa shape index (κ1) is 18.5. The molecule has 0 fully saturated rings. The van der Waals surface area contributed by atoms with Crippen molar-refractivity contribution in [2.45, 2.75) is 52.4 Å². The summed E-state index contributed by atoms with van der Waals surface area (Å²) in [6, 6.07) is 7.40. The van der Waals surface area contributed by atoms with Gasteiger partial charge in [-0.2, -0.15) is 0 Å². The molecular weight excluding hydrogens is 279 g/mol. The number of carbonyl (C=O) groups excluding carboxylic acids is 1. The van der Waals surface area contributed by atoms with Gasteiger partial charge in [0.15, 0.2) is 0 Å².